The van der Waals surface area contributed by atoms with Crippen LogP contribution in [0.15, 0.2) is 18.2 Å². The van der Waals surface area contributed by atoms with Crippen LogP contribution in [0, 0.1) is 0 Å². The first-order chi connectivity index (χ1) is 9.97. The maximum Gasteiger partial charge on any atom is 0.337 e. The summed E-state index contributed by atoms with van der Waals surface area (Å²) in [6.45, 7) is 2.40. The highest BCUT2D eigenvalue weighted by Gasteiger charge is 2.15. The molecule has 0 spiro atoms. The number of hydrogen-bond donors (Lipinski definition) is 3. The first-order valence-electron chi connectivity index (χ1n) is 6.57. The number of hydrogen-bond acceptors (Lipinski definition) is 3. The summed E-state index contributed by atoms with van der Waals surface area (Å²) in [5, 5.41) is 14.7. The molecule has 0 fully saturated rings. The largest absolute Gasteiger partial charge is 0.478 e. The molecule has 0 bridgehead atoms. The molecule has 1 rings (SSSR count). The minimum atomic E-state index is -1.16. The van der Waals surface area contributed by atoms with Crippen LogP contribution in [0.1, 0.15) is 30.1 Å². The van der Waals surface area contributed by atoms with E-state index in [1.807, 2.05) is 6.92 Å². The summed E-state index contributed by atoms with van der Waals surface area (Å²) in [6.07, 6.45) is 1.67. The van der Waals surface area contributed by atoms with Crippen LogP contribution in [-0.2, 0) is 4.74 Å². The van der Waals surface area contributed by atoms with Crippen molar-refractivity contribution < 1.29 is 19.4 Å². The monoisotopic (exact) mass is 314 g/mol. The normalized spacial score (nSPS) is 11.8. The van der Waals surface area contributed by atoms with Crippen LogP contribution >= 0.6 is 11.6 Å². The molecule has 6 nitrogen and oxygen atoms in total. The third kappa shape index (κ3) is 5.61. The van der Waals surface area contributed by atoms with Crippen molar-refractivity contribution in [3.8, 4) is 0 Å². The van der Waals surface area contributed by atoms with Gasteiger partial charge in [0.15, 0.2) is 0 Å². The SMILES string of the molecule is CCCC(COC)NC(=O)Nc1ccc(Cl)cc1C(=O)O. The summed E-state index contributed by atoms with van der Waals surface area (Å²) in [4.78, 5) is 23.1. The lowest BCUT2D eigenvalue weighted by molar-refractivity contribution is 0.0698. The van der Waals surface area contributed by atoms with E-state index < -0.39 is 12.0 Å². The zero-order valence-corrected chi connectivity index (χ0v) is 12.7. The Labute approximate surface area is 128 Å². The van der Waals surface area contributed by atoms with E-state index in [1.54, 1.807) is 7.11 Å². The van der Waals surface area contributed by atoms with Crippen molar-refractivity contribution in [2.45, 2.75) is 25.8 Å². The van der Waals surface area contributed by atoms with Crippen LogP contribution in [0.4, 0.5) is 10.5 Å². The number of anilines is 1. The van der Waals surface area contributed by atoms with E-state index in [0.29, 0.717) is 11.6 Å². The number of urea groups is 1. The minimum Gasteiger partial charge on any atom is -0.478 e. The number of methoxy groups -OCH3 is 1. The molecule has 0 saturated heterocycles. The number of carbonyl (C=O) groups excluding carboxylic acids is 1. The summed E-state index contributed by atoms with van der Waals surface area (Å²) < 4.78 is 5.03. The van der Waals surface area contributed by atoms with E-state index >= 15 is 0 Å². The van der Waals surface area contributed by atoms with E-state index in [-0.39, 0.29) is 17.3 Å². The number of nitrogens with one attached hydrogen (secondary N) is 2. The maximum absolute atomic E-state index is 11.9. The van der Waals surface area contributed by atoms with E-state index in [2.05, 4.69) is 10.6 Å². The Morgan fingerprint density at radius 1 is 1.43 bits per heavy atom. The Balaban J connectivity index is 2.76. The van der Waals surface area contributed by atoms with E-state index in [9.17, 15) is 9.59 Å². The van der Waals surface area contributed by atoms with Gasteiger partial charge in [0.2, 0.25) is 0 Å². The van der Waals surface area contributed by atoms with Gasteiger partial charge in [-0.2, -0.15) is 0 Å². The number of halogens is 1. The third-order valence-corrected chi connectivity index (χ3v) is 3.04. The predicted octanol–water partition coefficient (Wildman–Crippen LogP) is 2.97. The summed E-state index contributed by atoms with van der Waals surface area (Å²) in [5.74, 6) is -1.16. The van der Waals surface area contributed by atoms with Gasteiger partial charge in [-0.05, 0) is 24.6 Å². The average molecular weight is 315 g/mol. The van der Waals surface area contributed by atoms with Crippen molar-refractivity contribution >= 4 is 29.3 Å². The second-order valence-electron chi connectivity index (χ2n) is 4.53. The molecule has 0 radical (unpaired) electrons. The smallest absolute Gasteiger partial charge is 0.337 e. The van der Waals surface area contributed by atoms with Gasteiger partial charge in [0.1, 0.15) is 0 Å². The van der Waals surface area contributed by atoms with Gasteiger partial charge >= 0.3 is 12.0 Å². The van der Waals surface area contributed by atoms with Crippen LogP contribution in [0.5, 0.6) is 0 Å². The molecule has 1 unspecified atom stereocenters. The fourth-order valence-electron chi connectivity index (χ4n) is 1.89. The molecular weight excluding hydrogens is 296 g/mol. The van der Waals surface area contributed by atoms with E-state index in [1.165, 1.54) is 18.2 Å². The molecule has 116 valence electrons. The van der Waals surface area contributed by atoms with Gasteiger partial charge in [0.05, 0.1) is 23.9 Å². The molecule has 1 atom stereocenters. The van der Waals surface area contributed by atoms with Gasteiger partial charge in [0, 0.05) is 12.1 Å². The molecule has 1 aromatic rings. The van der Waals surface area contributed by atoms with Gasteiger partial charge in [0.25, 0.3) is 0 Å². The molecule has 0 aliphatic rings. The van der Waals surface area contributed by atoms with Gasteiger partial charge in [-0.25, -0.2) is 9.59 Å². The fraction of sp³-hybridized carbons (Fsp3) is 0.429. The predicted molar refractivity (Wildman–Crippen MR) is 81.1 cm³/mol. The van der Waals surface area contributed by atoms with Crippen molar-refractivity contribution in [1.29, 1.82) is 0 Å². The second-order valence-corrected chi connectivity index (χ2v) is 4.97. The Morgan fingerprint density at radius 2 is 2.14 bits per heavy atom. The highest BCUT2D eigenvalue weighted by atomic mass is 35.5. The second kappa shape index (κ2) is 8.49. The van der Waals surface area contributed by atoms with Crippen LogP contribution in [0.3, 0.4) is 0 Å². The third-order valence-electron chi connectivity index (χ3n) is 2.80. The molecule has 2 amide bonds. The number of benzene rings is 1. The zero-order chi connectivity index (χ0) is 15.8. The van der Waals surface area contributed by atoms with E-state index in [0.717, 1.165) is 12.8 Å². The summed E-state index contributed by atoms with van der Waals surface area (Å²) in [6, 6.07) is 3.66. The van der Waals surface area contributed by atoms with Crippen molar-refractivity contribution in [3.05, 3.63) is 28.8 Å². The van der Waals surface area contributed by atoms with E-state index in [4.69, 9.17) is 21.4 Å². The standard InChI is InChI=1S/C14H19ClN2O4/c1-3-4-10(8-21-2)16-14(20)17-12-6-5-9(15)7-11(12)13(18)19/h5-7,10H,3-4,8H2,1-2H3,(H,18,19)(H2,16,17,20). The first-order valence-corrected chi connectivity index (χ1v) is 6.95. The van der Waals surface area contributed by atoms with Gasteiger partial charge in [-0.1, -0.05) is 24.9 Å². The maximum atomic E-state index is 11.9. The molecule has 7 heteroatoms. The quantitative estimate of drug-likeness (QED) is 0.722. The number of aromatic carboxylic acids is 1. The Kier molecular flexibility index (Phi) is 6.98. The number of carboxylic acid groups (broad SMARTS) is 1. The first kappa shape index (κ1) is 17.3. The van der Waals surface area contributed by atoms with Gasteiger partial charge < -0.3 is 20.5 Å². The van der Waals surface area contributed by atoms with Crippen LogP contribution in [-0.4, -0.2) is 36.9 Å². The summed E-state index contributed by atoms with van der Waals surface area (Å²) >= 11 is 5.76. The van der Waals surface area contributed by atoms with Crippen molar-refractivity contribution in [2.75, 3.05) is 19.0 Å². The summed E-state index contributed by atoms with van der Waals surface area (Å²) in [7, 11) is 1.56. The number of amides is 2. The highest BCUT2D eigenvalue weighted by molar-refractivity contribution is 6.31. The molecule has 0 heterocycles. The molecule has 21 heavy (non-hydrogen) atoms. The summed E-state index contributed by atoms with van der Waals surface area (Å²) in [5.41, 5.74) is 0.133. The average Bonchev–Trinajstić information content (AvgIpc) is 2.41. The number of carbonyl (C=O) groups is 2. The molecule has 0 saturated carbocycles. The molecule has 0 aliphatic carbocycles. The van der Waals surface area contributed by atoms with Crippen molar-refractivity contribution in [1.82, 2.24) is 5.32 Å². The molecule has 1 aromatic carbocycles. The molecular formula is C14H19ClN2O4. The van der Waals surface area contributed by atoms with Gasteiger partial charge in [-0.15, -0.1) is 0 Å². The minimum absolute atomic E-state index is 0.0589. The van der Waals surface area contributed by atoms with Gasteiger partial charge in [-0.3, -0.25) is 0 Å². The molecule has 3 N–H and O–H groups in total. The van der Waals surface area contributed by atoms with Crippen molar-refractivity contribution in [3.63, 3.8) is 0 Å². The fourth-order valence-corrected chi connectivity index (χ4v) is 2.07. The Bertz CT molecular complexity index is 502. The lowest BCUT2D eigenvalue weighted by atomic mass is 10.1. The number of ether oxygens (including phenoxy) is 1. The highest BCUT2D eigenvalue weighted by Crippen LogP contribution is 2.20. The molecule has 0 aromatic heterocycles. The topological polar surface area (TPSA) is 87.7 Å². The zero-order valence-electron chi connectivity index (χ0n) is 12.0. The Hall–Kier alpha value is -1.79. The lowest BCUT2D eigenvalue weighted by Crippen LogP contribution is -2.40. The lowest BCUT2D eigenvalue weighted by Gasteiger charge is -2.18. The van der Waals surface area contributed by atoms with Crippen LogP contribution in [0.2, 0.25) is 5.02 Å². The van der Waals surface area contributed by atoms with Crippen LogP contribution < -0.4 is 10.6 Å². The van der Waals surface area contributed by atoms with Crippen molar-refractivity contribution in [2.24, 2.45) is 0 Å². The number of rotatable bonds is 7. The number of carboxylic acids is 1. The van der Waals surface area contributed by atoms with Crippen LogP contribution in [0.25, 0.3) is 0 Å². The molecule has 0 aliphatic heterocycles. The Morgan fingerprint density at radius 3 is 2.71 bits per heavy atom.